The lowest BCUT2D eigenvalue weighted by atomic mass is 9.82. The van der Waals surface area contributed by atoms with Crippen molar-refractivity contribution >= 4 is 45.1 Å². The smallest absolute Gasteiger partial charge is 0.433 e. The number of pyridine rings is 1. The standard InChI is InChI=1S/C20H18F3IN4O2/c1-30-17-8-15-12(10-28(27-15)13-5-11(6-13)9-24)7-16(17)26-19(29)14-3-2-4-18(25-14)20(21,22)23/h2-4,7-8,10-11,13H,5-6,9H2,1H3,(H,26,29). The monoisotopic (exact) mass is 530 g/mol. The number of benzene rings is 1. The molecule has 1 fully saturated rings. The van der Waals surface area contributed by atoms with E-state index in [9.17, 15) is 18.0 Å². The predicted molar refractivity (Wildman–Crippen MR) is 114 cm³/mol. The van der Waals surface area contributed by atoms with Crippen LogP contribution in [0.2, 0.25) is 0 Å². The number of nitrogens with zero attached hydrogens (tertiary/aromatic N) is 3. The van der Waals surface area contributed by atoms with Crippen molar-refractivity contribution in [1.82, 2.24) is 14.8 Å². The summed E-state index contributed by atoms with van der Waals surface area (Å²) in [4.78, 5) is 15.9. The lowest BCUT2D eigenvalue weighted by molar-refractivity contribution is -0.141. The topological polar surface area (TPSA) is 69.0 Å². The average molecular weight is 530 g/mol. The molecule has 1 aliphatic rings. The van der Waals surface area contributed by atoms with Crippen LogP contribution in [0.1, 0.15) is 35.1 Å². The highest BCUT2D eigenvalue weighted by atomic mass is 127. The summed E-state index contributed by atoms with van der Waals surface area (Å²) >= 11 is 2.39. The number of rotatable bonds is 5. The van der Waals surface area contributed by atoms with Gasteiger partial charge < -0.3 is 10.1 Å². The Kier molecular flexibility index (Phi) is 5.60. The molecule has 6 nitrogen and oxygen atoms in total. The predicted octanol–water partition coefficient (Wildman–Crippen LogP) is 5.10. The van der Waals surface area contributed by atoms with Crippen LogP contribution < -0.4 is 10.1 Å². The number of amides is 1. The third-order valence-electron chi connectivity index (χ3n) is 5.17. The van der Waals surface area contributed by atoms with Crippen molar-refractivity contribution in [3.05, 3.63) is 47.9 Å². The zero-order chi connectivity index (χ0) is 21.5. The highest BCUT2D eigenvalue weighted by Gasteiger charge is 2.33. The van der Waals surface area contributed by atoms with Crippen LogP contribution >= 0.6 is 22.6 Å². The van der Waals surface area contributed by atoms with Crippen LogP contribution in [-0.4, -0.2) is 32.2 Å². The number of ether oxygens (including phenoxy) is 1. The molecule has 0 radical (unpaired) electrons. The molecule has 1 saturated carbocycles. The third kappa shape index (κ3) is 4.09. The van der Waals surface area contributed by atoms with Gasteiger partial charge in [0.15, 0.2) is 0 Å². The maximum atomic E-state index is 12.9. The molecule has 1 N–H and O–H groups in total. The molecule has 10 heteroatoms. The van der Waals surface area contributed by atoms with Crippen LogP contribution in [0.5, 0.6) is 5.75 Å². The van der Waals surface area contributed by atoms with Gasteiger partial charge in [0.05, 0.1) is 24.4 Å². The first kappa shape index (κ1) is 20.9. The molecule has 158 valence electrons. The first-order chi connectivity index (χ1) is 14.3. The van der Waals surface area contributed by atoms with Gasteiger partial charge in [-0.15, -0.1) is 0 Å². The minimum Gasteiger partial charge on any atom is -0.494 e. The van der Waals surface area contributed by atoms with Gasteiger partial charge in [-0.3, -0.25) is 9.48 Å². The van der Waals surface area contributed by atoms with Gasteiger partial charge >= 0.3 is 6.18 Å². The van der Waals surface area contributed by atoms with Gasteiger partial charge in [0.25, 0.3) is 5.91 Å². The van der Waals surface area contributed by atoms with Crippen LogP contribution in [-0.2, 0) is 6.18 Å². The van der Waals surface area contributed by atoms with E-state index in [-0.39, 0.29) is 5.69 Å². The number of anilines is 1. The summed E-state index contributed by atoms with van der Waals surface area (Å²) in [5.74, 6) is 0.328. The van der Waals surface area contributed by atoms with Crippen molar-refractivity contribution in [1.29, 1.82) is 0 Å². The molecule has 4 rings (SSSR count). The number of carbonyl (C=O) groups is 1. The first-order valence-corrected chi connectivity index (χ1v) is 10.8. The Morgan fingerprint density at radius 2 is 2.10 bits per heavy atom. The molecule has 30 heavy (non-hydrogen) atoms. The second kappa shape index (κ2) is 8.05. The summed E-state index contributed by atoms with van der Waals surface area (Å²) in [5, 5.41) is 8.02. The number of hydrogen-bond donors (Lipinski definition) is 1. The van der Waals surface area contributed by atoms with Crippen molar-refractivity contribution in [2.45, 2.75) is 25.1 Å². The van der Waals surface area contributed by atoms with Crippen molar-refractivity contribution < 1.29 is 22.7 Å². The van der Waals surface area contributed by atoms with Crippen LogP contribution in [0.15, 0.2) is 36.5 Å². The molecule has 0 atom stereocenters. The third-order valence-corrected chi connectivity index (χ3v) is 6.41. The highest BCUT2D eigenvalue weighted by molar-refractivity contribution is 14.1. The Labute approximate surface area is 183 Å². The molecule has 0 aliphatic heterocycles. The lowest BCUT2D eigenvalue weighted by Crippen LogP contribution is -2.27. The van der Waals surface area contributed by atoms with Gasteiger partial charge in [0.1, 0.15) is 17.1 Å². The second-order valence-corrected chi connectivity index (χ2v) is 8.11. The van der Waals surface area contributed by atoms with Crippen LogP contribution in [0, 0.1) is 5.92 Å². The van der Waals surface area contributed by atoms with E-state index in [4.69, 9.17) is 4.74 Å². The van der Waals surface area contributed by atoms with Gasteiger partial charge in [-0.2, -0.15) is 18.3 Å². The minimum absolute atomic E-state index is 0.332. The van der Waals surface area contributed by atoms with E-state index in [1.807, 2.05) is 10.9 Å². The number of fused-ring (bicyclic) bond motifs is 1. The second-order valence-electron chi connectivity index (χ2n) is 7.23. The molecule has 1 aliphatic carbocycles. The molecule has 0 saturated heterocycles. The van der Waals surface area contributed by atoms with E-state index >= 15 is 0 Å². The lowest BCUT2D eigenvalue weighted by Gasteiger charge is -2.34. The van der Waals surface area contributed by atoms with E-state index in [2.05, 4.69) is 38.0 Å². The molecular weight excluding hydrogens is 512 g/mol. The molecule has 2 aromatic heterocycles. The normalized spacial score (nSPS) is 18.8. The minimum atomic E-state index is -4.63. The highest BCUT2D eigenvalue weighted by Crippen LogP contribution is 2.40. The Hall–Kier alpha value is -2.37. The summed E-state index contributed by atoms with van der Waals surface area (Å²) in [6.45, 7) is 0. The first-order valence-electron chi connectivity index (χ1n) is 9.27. The van der Waals surface area contributed by atoms with Crippen LogP contribution in [0.3, 0.4) is 0 Å². The molecule has 3 aromatic rings. The van der Waals surface area contributed by atoms with E-state index in [0.717, 1.165) is 40.3 Å². The number of hydrogen-bond acceptors (Lipinski definition) is 4. The zero-order valence-corrected chi connectivity index (χ0v) is 18.1. The Morgan fingerprint density at radius 3 is 2.77 bits per heavy atom. The number of carbonyl (C=O) groups excluding carboxylic acids is 1. The van der Waals surface area contributed by atoms with E-state index in [0.29, 0.717) is 23.4 Å². The molecule has 1 amide bonds. The summed E-state index contributed by atoms with van der Waals surface area (Å²) in [5.41, 5.74) is -0.390. The van der Waals surface area contributed by atoms with Crippen molar-refractivity contribution in [3.63, 3.8) is 0 Å². The van der Waals surface area contributed by atoms with Gasteiger partial charge in [0.2, 0.25) is 0 Å². The molecule has 2 heterocycles. The Morgan fingerprint density at radius 1 is 1.33 bits per heavy atom. The van der Waals surface area contributed by atoms with Gasteiger partial charge in [-0.05, 0) is 37.0 Å². The van der Waals surface area contributed by atoms with Crippen molar-refractivity contribution in [2.24, 2.45) is 5.92 Å². The SMILES string of the molecule is COc1cc2nn(C3CC(CI)C3)cc2cc1NC(=O)c1cccc(C(F)(F)F)n1. The van der Waals surface area contributed by atoms with Crippen molar-refractivity contribution in [3.8, 4) is 5.75 Å². The van der Waals surface area contributed by atoms with E-state index in [1.165, 1.54) is 13.2 Å². The summed E-state index contributed by atoms with van der Waals surface area (Å²) in [6, 6.07) is 6.97. The number of halogens is 4. The summed E-state index contributed by atoms with van der Waals surface area (Å²) in [6.07, 6.45) is -0.544. The molecule has 0 bridgehead atoms. The van der Waals surface area contributed by atoms with Crippen molar-refractivity contribution in [2.75, 3.05) is 16.9 Å². The number of aromatic nitrogens is 3. The molecule has 0 spiro atoms. The Bertz CT molecular complexity index is 1090. The summed E-state index contributed by atoms with van der Waals surface area (Å²) in [7, 11) is 1.45. The summed E-state index contributed by atoms with van der Waals surface area (Å²) < 4.78 is 47.0. The van der Waals surface area contributed by atoms with E-state index < -0.39 is 17.8 Å². The fraction of sp³-hybridized carbons (Fsp3) is 0.350. The quantitative estimate of drug-likeness (QED) is 0.369. The fourth-order valence-electron chi connectivity index (χ4n) is 3.47. The number of alkyl halides is 4. The van der Waals surface area contributed by atoms with Crippen LogP contribution in [0.4, 0.5) is 18.9 Å². The van der Waals surface area contributed by atoms with Gasteiger partial charge in [0, 0.05) is 22.1 Å². The fourth-order valence-corrected chi connectivity index (χ4v) is 4.19. The molecule has 0 unspecified atom stereocenters. The van der Waals surface area contributed by atoms with Crippen LogP contribution in [0.25, 0.3) is 10.9 Å². The zero-order valence-electron chi connectivity index (χ0n) is 15.9. The number of nitrogens with one attached hydrogen (secondary N) is 1. The number of methoxy groups -OCH3 is 1. The van der Waals surface area contributed by atoms with E-state index in [1.54, 1.807) is 12.1 Å². The molecular formula is C20H18F3IN4O2. The maximum absolute atomic E-state index is 12.9. The average Bonchev–Trinajstić information content (AvgIpc) is 3.08. The molecule has 1 aromatic carbocycles. The Balaban J connectivity index is 1.59. The maximum Gasteiger partial charge on any atom is 0.433 e. The van der Waals surface area contributed by atoms with Gasteiger partial charge in [-0.1, -0.05) is 28.7 Å². The van der Waals surface area contributed by atoms with Gasteiger partial charge in [-0.25, -0.2) is 4.98 Å². The largest absolute Gasteiger partial charge is 0.494 e.